The van der Waals surface area contributed by atoms with Crippen molar-refractivity contribution in [1.82, 2.24) is 14.9 Å². The topological polar surface area (TPSA) is 56.1 Å². The molecule has 0 aliphatic heterocycles. The molecular weight excluding hydrogens is 230 g/mol. The predicted octanol–water partition coefficient (Wildman–Crippen LogP) is 2.21. The van der Waals surface area contributed by atoms with Crippen molar-refractivity contribution in [3.05, 3.63) is 48.5 Å². The van der Waals surface area contributed by atoms with Crippen molar-refractivity contribution in [3.8, 4) is 5.75 Å². The monoisotopic (exact) mass is 245 g/mol. The molecule has 0 aliphatic carbocycles. The Hall–Kier alpha value is -2.30. The maximum absolute atomic E-state index is 11.8. The number of benzene rings is 1. The summed E-state index contributed by atoms with van der Waals surface area (Å²) >= 11 is 0. The molecule has 1 aromatic carbocycles. The van der Waals surface area contributed by atoms with Crippen LogP contribution < -0.4 is 10.1 Å². The van der Waals surface area contributed by atoms with E-state index in [0.717, 1.165) is 11.3 Å². The van der Waals surface area contributed by atoms with Gasteiger partial charge in [0.05, 0.1) is 13.2 Å². The van der Waals surface area contributed by atoms with E-state index >= 15 is 0 Å². The zero-order valence-electron chi connectivity index (χ0n) is 10.3. The molecule has 0 radical (unpaired) electrons. The van der Waals surface area contributed by atoms with E-state index in [1.807, 2.05) is 31.2 Å². The third-order valence-electron chi connectivity index (χ3n) is 2.69. The fraction of sp³-hybridized carbons (Fsp3) is 0.231. The van der Waals surface area contributed by atoms with Gasteiger partial charge in [0.2, 0.25) is 0 Å². The minimum Gasteiger partial charge on any atom is -0.497 e. The first-order valence-electron chi connectivity index (χ1n) is 5.63. The highest BCUT2D eigenvalue weighted by molar-refractivity contribution is 5.76. The summed E-state index contributed by atoms with van der Waals surface area (Å²) in [6, 6.07) is 7.32. The molecule has 5 nitrogen and oxygen atoms in total. The van der Waals surface area contributed by atoms with Crippen LogP contribution in [0.2, 0.25) is 0 Å². The lowest BCUT2D eigenvalue weighted by molar-refractivity contribution is 0.239. The first kappa shape index (κ1) is 12.2. The molecule has 5 heteroatoms. The predicted molar refractivity (Wildman–Crippen MR) is 67.6 cm³/mol. The van der Waals surface area contributed by atoms with Gasteiger partial charge in [-0.3, -0.25) is 4.57 Å². The summed E-state index contributed by atoms with van der Waals surface area (Å²) in [5, 5.41) is 2.88. The Balaban J connectivity index is 2.02. The van der Waals surface area contributed by atoms with Gasteiger partial charge in [0.15, 0.2) is 0 Å². The second-order valence-corrected chi connectivity index (χ2v) is 3.91. The van der Waals surface area contributed by atoms with Gasteiger partial charge in [-0.1, -0.05) is 12.1 Å². The summed E-state index contributed by atoms with van der Waals surface area (Å²) in [7, 11) is 1.62. The number of carbonyl (C=O) groups excluding carboxylic acids is 1. The Morgan fingerprint density at radius 2 is 2.11 bits per heavy atom. The van der Waals surface area contributed by atoms with Gasteiger partial charge in [-0.15, -0.1) is 0 Å². The highest BCUT2D eigenvalue weighted by atomic mass is 16.5. The van der Waals surface area contributed by atoms with Crippen molar-refractivity contribution in [2.24, 2.45) is 0 Å². The molecule has 2 rings (SSSR count). The van der Waals surface area contributed by atoms with E-state index < -0.39 is 0 Å². The number of aromatic nitrogens is 2. The number of methoxy groups -OCH3 is 1. The number of imidazole rings is 1. The van der Waals surface area contributed by atoms with Gasteiger partial charge in [-0.25, -0.2) is 9.78 Å². The van der Waals surface area contributed by atoms with Gasteiger partial charge in [0.25, 0.3) is 0 Å². The van der Waals surface area contributed by atoms with E-state index in [4.69, 9.17) is 4.74 Å². The third kappa shape index (κ3) is 2.68. The molecule has 1 aromatic heterocycles. The summed E-state index contributed by atoms with van der Waals surface area (Å²) < 4.78 is 6.49. The van der Waals surface area contributed by atoms with Crippen LogP contribution in [0.3, 0.4) is 0 Å². The van der Waals surface area contributed by atoms with E-state index in [1.54, 1.807) is 19.5 Å². The van der Waals surface area contributed by atoms with Gasteiger partial charge < -0.3 is 10.1 Å². The lowest BCUT2D eigenvalue weighted by atomic mass is 10.1. The molecule has 0 saturated heterocycles. The van der Waals surface area contributed by atoms with Crippen LogP contribution in [-0.2, 0) is 0 Å². The maximum Gasteiger partial charge on any atom is 0.327 e. The van der Waals surface area contributed by atoms with Gasteiger partial charge >= 0.3 is 6.03 Å². The molecule has 0 aliphatic rings. The smallest absolute Gasteiger partial charge is 0.327 e. The fourth-order valence-corrected chi connectivity index (χ4v) is 1.61. The number of carbonyl (C=O) groups is 1. The molecule has 0 fully saturated rings. The Morgan fingerprint density at radius 1 is 1.39 bits per heavy atom. The number of rotatable bonds is 3. The molecule has 0 bridgehead atoms. The quantitative estimate of drug-likeness (QED) is 0.902. The van der Waals surface area contributed by atoms with Crippen molar-refractivity contribution in [1.29, 1.82) is 0 Å². The lowest BCUT2D eigenvalue weighted by Gasteiger charge is -2.14. The number of ether oxygens (including phenoxy) is 1. The van der Waals surface area contributed by atoms with E-state index in [0.29, 0.717) is 0 Å². The van der Waals surface area contributed by atoms with Crippen LogP contribution in [0, 0.1) is 0 Å². The van der Waals surface area contributed by atoms with E-state index in [1.165, 1.54) is 10.9 Å². The van der Waals surface area contributed by atoms with Gasteiger partial charge in [-0.05, 0) is 24.6 Å². The van der Waals surface area contributed by atoms with Crippen LogP contribution in [0.4, 0.5) is 4.79 Å². The Labute approximate surface area is 105 Å². The van der Waals surface area contributed by atoms with Crippen molar-refractivity contribution < 1.29 is 9.53 Å². The average molecular weight is 245 g/mol. The Morgan fingerprint density at radius 3 is 2.67 bits per heavy atom. The number of amides is 1. The maximum atomic E-state index is 11.8. The largest absolute Gasteiger partial charge is 0.497 e. The molecule has 1 atom stereocenters. The van der Waals surface area contributed by atoms with Crippen LogP contribution in [0.25, 0.3) is 0 Å². The molecule has 0 unspecified atom stereocenters. The van der Waals surface area contributed by atoms with Gasteiger partial charge in [-0.2, -0.15) is 0 Å². The summed E-state index contributed by atoms with van der Waals surface area (Å²) in [6.45, 7) is 1.93. The van der Waals surface area contributed by atoms with E-state index in [2.05, 4.69) is 10.3 Å². The second-order valence-electron chi connectivity index (χ2n) is 3.91. The summed E-state index contributed by atoms with van der Waals surface area (Å²) in [5.41, 5.74) is 1.02. The SMILES string of the molecule is COc1ccc([C@@H](C)NC(=O)n2ccnc2)cc1. The minimum atomic E-state index is -0.198. The zero-order valence-corrected chi connectivity index (χ0v) is 10.3. The molecule has 2 aromatic rings. The number of hydrogen-bond acceptors (Lipinski definition) is 3. The molecular formula is C13H15N3O2. The Bertz CT molecular complexity index is 506. The Kier molecular flexibility index (Phi) is 3.62. The molecule has 94 valence electrons. The highest BCUT2D eigenvalue weighted by Gasteiger charge is 2.10. The molecule has 0 saturated carbocycles. The summed E-state index contributed by atoms with van der Waals surface area (Å²) in [5.74, 6) is 0.798. The molecule has 18 heavy (non-hydrogen) atoms. The summed E-state index contributed by atoms with van der Waals surface area (Å²) in [4.78, 5) is 15.6. The van der Waals surface area contributed by atoms with Crippen LogP contribution >= 0.6 is 0 Å². The minimum absolute atomic E-state index is 0.0780. The second kappa shape index (κ2) is 5.35. The molecule has 0 spiro atoms. The zero-order chi connectivity index (χ0) is 13.0. The number of nitrogens with zero attached hydrogens (tertiary/aromatic N) is 2. The first-order chi connectivity index (χ1) is 8.70. The standard InChI is InChI=1S/C13H15N3O2/c1-10(11-3-5-12(18-2)6-4-11)15-13(17)16-8-7-14-9-16/h3-10H,1-2H3,(H,15,17)/t10-/m1/s1. The first-order valence-corrected chi connectivity index (χ1v) is 5.63. The van der Waals surface area contributed by atoms with Crippen LogP contribution in [-0.4, -0.2) is 22.7 Å². The van der Waals surface area contributed by atoms with Crippen LogP contribution in [0.15, 0.2) is 43.0 Å². The molecule has 1 N–H and O–H groups in total. The summed E-state index contributed by atoms with van der Waals surface area (Å²) in [6.07, 6.45) is 4.64. The van der Waals surface area contributed by atoms with E-state index in [9.17, 15) is 4.79 Å². The van der Waals surface area contributed by atoms with Crippen LogP contribution in [0.5, 0.6) is 5.75 Å². The van der Waals surface area contributed by atoms with Crippen molar-refractivity contribution in [2.75, 3.05) is 7.11 Å². The van der Waals surface area contributed by atoms with Crippen LogP contribution in [0.1, 0.15) is 18.5 Å². The number of nitrogens with one attached hydrogen (secondary N) is 1. The van der Waals surface area contributed by atoms with Crippen molar-refractivity contribution in [2.45, 2.75) is 13.0 Å². The van der Waals surface area contributed by atoms with Gasteiger partial charge in [0, 0.05) is 12.4 Å². The van der Waals surface area contributed by atoms with E-state index in [-0.39, 0.29) is 12.1 Å². The third-order valence-corrected chi connectivity index (χ3v) is 2.69. The fourth-order valence-electron chi connectivity index (χ4n) is 1.61. The normalized spacial score (nSPS) is 11.9. The average Bonchev–Trinajstić information content (AvgIpc) is 2.92. The van der Waals surface area contributed by atoms with Gasteiger partial charge in [0.1, 0.15) is 12.1 Å². The molecule has 1 amide bonds. The van der Waals surface area contributed by atoms with Crippen molar-refractivity contribution in [3.63, 3.8) is 0 Å². The molecule has 1 heterocycles. The lowest BCUT2D eigenvalue weighted by Crippen LogP contribution is -2.30. The van der Waals surface area contributed by atoms with Crippen molar-refractivity contribution >= 4 is 6.03 Å². The number of hydrogen-bond donors (Lipinski definition) is 1. The highest BCUT2D eigenvalue weighted by Crippen LogP contribution is 2.17.